The quantitative estimate of drug-likeness (QED) is 0.215. The number of guanidine groups is 1. The van der Waals surface area contributed by atoms with Crippen LogP contribution in [0.25, 0.3) is 0 Å². The van der Waals surface area contributed by atoms with Gasteiger partial charge < -0.3 is 24.8 Å². The Morgan fingerprint density at radius 3 is 2.68 bits per heavy atom. The fourth-order valence-corrected chi connectivity index (χ4v) is 2.04. The summed E-state index contributed by atoms with van der Waals surface area (Å²) in [5.74, 6) is 1.70. The molecule has 0 spiro atoms. The second-order valence-electron chi connectivity index (χ2n) is 5.16. The molecule has 144 valence electrons. The predicted molar refractivity (Wildman–Crippen MR) is 113 cm³/mol. The number of methoxy groups -OCH3 is 1. The van der Waals surface area contributed by atoms with Gasteiger partial charge in [-0.25, -0.2) is 4.99 Å². The third-order valence-electron chi connectivity index (χ3n) is 3.16. The fourth-order valence-electron chi connectivity index (χ4n) is 2.04. The number of aliphatic imine (C=N–C) groups is 1. The molecule has 0 fully saturated rings. The van der Waals surface area contributed by atoms with Crippen molar-refractivity contribution < 1.29 is 14.2 Å². The van der Waals surface area contributed by atoms with Crippen molar-refractivity contribution in [2.45, 2.75) is 26.8 Å². The molecule has 0 atom stereocenters. The lowest BCUT2D eigenvalue weighted by molar-refractivity contribution is 0.0698. The molecule has 1 aromatic carbocycles. The van der Waals surface area contributed by atoms with Crippen molar-refractivity contribution >= 4 is 29.9 Å². The first-order valence-corrected chi connectivity index (χ1v) is 8.60. The minimum absolute atomic E-state index is 0. The highest BCUT2D eigenvalue weighted by Crippen LogP contribution is 2.13. The molecule has 0 radical (unpaired) electrons. The molecule has 1 aromatic rings. The van der Waals surface area contributed by atoms with E-state index < -0.39 is 0 Å². The zero-order chi connectivity index (χ0) is 17.5. The smallest absolute Gasteiger partial charge is 0.191 e. The van der Waals surface area contributed by atoms with Gasteiger partial charge in [-0.15, -0.1) is 24.0 Å². The Balaban J connectivity index is 0.00000576. The van der Waals surface area contributed by atoms with Crippen molar-refractivity contribution in [1.29, 1.82) is 0 Å². The molecule has 25 heavy (non-hydrogen) atoms. The molecule has 6 nitrogen and oxygen atoms in total. The number of halogens is 1. The first-order chi connectivity index (χ1) is 11.8. The van der Waals surface area contributed by atoms with Crippen molar-refractivity contribution in [2.24, 2.45) is 4.99 Å². The van der Waals surface area contributed by atoms with E-state index in [-0.39, 0.29) is 24.0 Å². The van der Waals surface area contributed by atoms with E-state index in [1.165, 1.54) is 0 Å². The molecule has 0 amide bonds. The third-order valence-corrected chi connectivity index (χ3v) is 3.16. The SMILES string of the molecule is CCNC(=NCc1cccc(OCC)c1)NCCCOCCOC.I. The van der Waals surface area contributed by atoms with E-state index in [9.17, 15) is 0 Å². The summed E-state index contributed by atoms with van der Waals surface area (Å²) in [6.07, 6.45) is 0.925. The monoisotopic (exact) mass is 465 g/mol. The highest BCUT2D eigenvalue weighted by molar-refractivity contribution is 14.0. The van der Waals surface area contributed by atoms with E-state index in [4.69, 9.17) is 14.2 Å². The predicted octanol–water partition coefficient (Wildman–Crippen LogP) is 2.81. The van der Waals surface area contributed by atoms with Gasteiger partial charge in [-0.2, -0.15) is 0 Å². The summed E-state index contributed by atoms with van der Waals surface area (Å²) >= 11 is 0. The topological polar surface area (TPSA) is 64.1 Å². The average Bonchev–Trinajstić information content (AvgIpc) is 2.59. The second-order valence-corrected chi connectivity index (χ2v) is 5.16. The lowest BCUT2D eigenvalue weighted by Gasteiger charge is -2.11. The standard InChI is InChI=1S/C18H31N3O3.HI/c1-4-19-18(20-10-7-11-23-13-12-22-3)21-15-16-8-6-9-17(14-16)24-5-2;/h6,8-9,14H,4-5,7,10-13,15H2,1-3H3,(H2,19,20,21);1H. The van der Waals surface area contributed by atoms with Crippen LogP contribution in [0.15, 0.2) is 29.3 Å². The normalized spacial score (nSPS) is 10.9. The first kappa shape index (κ1) is 23.9. The van der Waals surface area contributed by atoms with E-state index in [0.29, 0.717) is 33.0 Å². The molecule has 7 heteroatoms. The van der Waals surface area contributed by atoms with E-state index >= 15 is 0 Å². The average molecular weight is 465 g/mol. The van der Waals surface area contributed by atoms with Crippen LogP contribution < -0.4 is 15.4 Å². The summed E-state index contributed by atoms with van der Waals surface area (Å²) in [5.41, 5.74) is 1.13. The van der Waals surface area contributed by atoms with E-state index in [2.05, 4.69) is 28.6 Å². The van der Waals surface area contributed by atoms with Gasteiger partial charge in [0.05, 0.1) is 26.4 Å². The van der Waals surface area contributed by atoms with E-state index in [0.717, 1.165) is 36.8 Å². The summed E-state index contributed by atoms with van der Waals surface area (Å²) in [7, 11) is 1.67. The van der Waals surface area contributed by atoms with Crippen LogP contribution in [0.2, 0.25) is 0 Å². The zero-order valence-electron chi connectivity index (χ0n) is 15.5. The molecule has 1 rings (SSSR count). The number of rotatable bonds is 12. The molecular weight excluding hydrogens is 433 g/mol. The Labute approximate surface area is 168 Å². The summed E-state index contributed by atoms with van der Waals surface area (Å²) in [6.45, 7) is 8.96. The van der Waals surface area contributed by atoms with E-state index in [1.807, 2.05) is 25.1 Å². The minimum Gasteiger partial charge on any atom is -0.494 e. The van der Waals surface area contributed by atoms with Gasteiger partial charge in [0.2, 0.25) is 0 Å². The van der Waals surface area contributed by atoms with Crippen LogP contribution in [-0.4, -0.2) is 52.6 Å². The van der Waals surface area contributed by atoms with Gasteiger partial charge >= 0.3 is 0 Å². The highest BCUT2D eigenvalue weighted by Gasteiger charge is 1.99. The lowest BCUT2D eigenvalue weighted by atomic mass is 10.2. The van der Waals surface area contributed by atoms with Crippen LogP contribution in [0.4, 0.5) is 0 Å². The molecular formula is C18H32IN3O3. The van der Waals surface area contributed by atoms with E-state index in [1.54, 1.807) is 7.11 Å². The summed E-state index contributed by atoms with van der Waals surface area (Å²) in [5, 5.41) is 6.57. The van der Waals surface area contributed by atoms with Crippen molar-refractivity contribution in [3.8, 4) is 5.75 Å². The number of nitrogens with one attached hydrogen (secondary N) is 2. The Morgan fingerprint density at radius 1 is 1.12 bits per heavy atom. The number of hydrogen-bond donors (Lipinski definition) is 2. The van der Waals surface area contributed by atoms with Crippen LogP contribution in [0.1, 0.15) is 25.8 Å². The van der Waals surface area contributed by atoms with Crippen molar-refractivity contribution in [3.05, 3.63) is 29.8 Å². The molecule has 0 aliphatic heterocycles. The zero-order valence-corrected chi connectivity index (χ0v) is 17.9. The van der Waals surface area contributed by atoms with Gasteiger partial charge in [-0.1, -0.05) is 12.1 Å². The lowest BCUT2D eigenvalue weighted by Crippen LogP contribution is -2.38. The maximum atomic E-state index is 5.52. The van der Waals surface area contributed by atoms with Gasteiger partial charge in [0, 0.05) is 26.8 Å². The number of ether oxygens (including phenoxy) is 3. The van der Waals surface area contributed by atoms with Crippen molar-refractivity contribution in [2.75, 3.05) is 46.6 Å². The van der Waals surface area contributed by atoms with Crippen LogP contribution >= 0.6 is 24.0 Å². The van der Waals surface area contributed by atoms with Gasteiger partial charge in [0.25, 0.3) is 0 Å². The Kier molecular flexibility index (Phi) is 15.7. The fraction of sp³-hybridized carbons (Fsp3) is 0.611. The van der Waals surface area contributed by atoms with Gasteiger partial charge in [-0.3, -0.25) is 0 Å². The maximum Gasteiger partial charge on any atom is 0.191 e. The molecule has 0 heterocycles. The molecule has 0 saturated heterocycles. The molecule has 2 N–H and O–H groups in total. The minimum atomic E-state index is 0. The molecule has 0 aliphatic rings. The summed E-state index contributed by atoms with van der Waals surface area (Å²) in [6, 6.07) is 8.04. The molecule has 0 saturated carbocycles. The highest BCUT2D eigenvalue weighted by atomic mass is 127. The Hall–Kier alpha value is -1.06. The van der Waals surface area contributed by atoms with Gasteiger partial charge in [0.15, 0.2) is 5.96 Å². The van der Waals surface area contributed by atoms with Gasteiger partial charge in [0.1, 0.15) is 5.75 Å². The molecule has 0 unspecified atom stereocenters. The van der Waals surface area contributed by atoms with Crippen LogP contribution in [0.5, 0.6) is 5.75 Å². The first-order valence-electron chi connectivity index (χ1n) is 8.60. The third kappa shape index (κ3) is 12.0. The maximum absolute atomic E-state index is 5.52. The molecule has 0 aromatic heterocycles. The number of hydrogen-bond acceptors (Lipinski definition) is 4. The number of nitrogens with zero attached hydrogens (tertiary/aromatic N) is 1. The Bertz CT molecular complexity index is 473. The van der Waals surface area contributed by atoms with Crippen LogP contribution in [0.3, 0.4) is 0 Å². The summed E-state index contributed by atoms with van der Waals surface area (Å²) < 4.78 is 15.9. The Morgan fingerprint density at radius 2 is 1.96 bits per heavy atom. The number of benzene rings is 1. The molecule has 0 bridgehead atoms. The van der Waals surface area contributed by atoms with Crippen molar-refractivity contribution in [3.63, 3.8) is 0 Å². The second kappa shape index (κ2) is 16.4. The summed E-state index contributed by atoms with van der Waals surface area (Å²) in [4.78, 5) is 4.61. The largest absolute Gasteiger partial charge is 0.494 e. The van der Waals surface area contributed by atoms with Crippen LogP contribution in [-0.2, 0) is 16.0 Å². The molecule has 0 aliphatic carbocycles. The van der Waals surface area contributed by atoms with Gasteiger partial charge in [-0.05, 0) is 38.0 Å². The van der Waals surface area contributed by atoms with Crippen molar-refractivity contribution in [1.82, 2.24) is 10.6 Å². The van der Waals surface area contributed by atoms with Crippen LogP contribution in [0, 0.1) is 0 Å².